The lowest BCUT2D eigenvalue weighted by Gasteiger charge is -1.50. The molecule has 0 nitrogen and oxygen atoms in total. The maximum atomic E-state index is 4.30. The predicted octanol–water partition coefficient (Wildman–Crippen LogP) is 1.30. The van der Waals surface area contributed by atoms with Crippen LogP contribution in [0.3, 0.4) is 0 Å². The van der Waals surface area contributed by atoms with E-state index in [9.17, 15) is 0 Å². The molecule has 0 N–H and O–H groups in total. The molecule has 23 valence electrons. The Labute approximate surface area is 44.7 Å². The first-order valence-corrected chi connectivity index (χ1v) is 2.76. The van der Waals surface area contributed by atoms with E-state index in [1.807, 2.05) is 0 Å². The molecule has 0 aliphatic carbocycles. The third-order valence-corrected chi connectivity index (χ3v) is 1.10. The van der Waals surface area contributed by atoms with Gasteiger partial charge in [-0.3, -0.25) is 0 Å². The average Bonchev–Trinajstić information content (AvgIpc) is 1.37. The van der Waals surface area contributed by atoms with Gasteiger partial charge in [0.25, 0.3) is 0 Å². The summed E-state index contributed by atoms with van der Waals surface area (Å²) in [7, 11) is 0. The Morgan fingerprint density at radius 1 is 2.00 bits per heavy atom. The highest BCUT2D eigenvalue weighted by Gasteiger charge is 1.52. The van der Waals surface area contributed by atoms with Crippen LogP contribution in [-0.2, 0) is 0 Å². The topological polar surface area (TPSA) is 0 Å². The normalized spacial score (nSPS) is 6.25. The molecule has 0 aliphatic rings. The van der Waals surface area contributed by atoms with Crippen LogP contribution in [0.1, 0.15) is 0 Å². The highest BCUT2D eigenvalue weighted by atomic mass is 127. The number of hydrogen-bond donors (Lipinski definition) is 0. The summed E-state index contributed by atoms with van der Waals surface area (Å²) < 4.78 is 0.854. The number of halogens is 1. The van der Waals surface area contributed by atoms with E-state index >= 15 is 0 Å². The Hall–Kier alpha value is 0.820. The van der Waals surface area contributed by atoms with E-state index in [0.29, 0.717) is 0 Å². The van der Waals surface area contributed by atoms with Gasteiger partial charge in [0, 0.05) is 9.80 Å². The van der Waals surface area contributed by atoms with E-state index in [1.165, 1.54) is 0 Å². The molecule has 0 rings (SSSR count). The molecule has 0 aromatic carbocycles. The molecule has 0 saturated carbocycles. The summed E-state index contributed by atoms with van der Waals surface area (Å²) in [6, 6.07) is 0. The van der Waals surface area contributed by atoms with Crippen LogP contribution in [0, 0.1) is 0 Å². The van der Waals surface area contributed by atoms with Gasteiger partial charge in [-0.1, -0.05) is 34.8 Å². The summed E-state index contributed by atoms with van der Waals surface area (Å²) >= 11 is 6.43. The van der Waals surface area contributed by atoms with Crippen LogP contribution in [0.5, 0.6) is 0 Å². The van der Waals surface area contributed by atoms with Gasteiger partial charge in [0.05, 0.1) is 0 Å². The van der Waals surface area contributed by atoms with Gasteiger partial charge >= 0.3 is 0 Å². The van der Waals surface area contributed by atoms with Crippen LogP contribution in [-0.4, -0.2) is 9.80 Å². The van der Waals surface area contributed by atoms with Crippen LogP contribution < -0.4 is 0 Å². The fourth-order valence-electron chi connectivity index (χ4n) is 0. The first-order chi connectivity index (χ1) is 1.91. The molecule has 0 amide bonds. The molecule has 0 atom stereocenters. The third kappa shape index (κ3) is 2.82. The zero-order valence-corrected chi connectivity index (χ0v) is 4.97. The van der Waals surface area contributed by atoms with Crippen LogP contribution in [0.25, 0.3) is 0 Å². The summed E-state index contributed by atoms with van der Waals surface area (Å²) in [6.07, 6.45) is 0. The smallest absolute Gasteiger partial charge is 0.0396 e. The van der Waals surface area contributed by atoms with Gasteiger partial charge in [0.1, 0.15) is 0 Å². The van der Waals surface area contributed by atoms with E-state index in [-0.39, 0.29) is 0 Å². The van der Waals surface area contributed by atoms with E-state index in [2.05, 4.69) is 40.2 Å². The number of hydrogen-bond acceptors (Lipinski definition) is 1. The molecule has 0 aliphatic heterocycles. The maximum absolute atomic E-state index is 4.30. The van der Waals surface area contributed by atoms with Gasteiger partial charge in [-0.25, -0.2) is 0 Å². The van der Waals surface area contributed by atoms with E-state index in [4.69, 9.17) is 0 Å². The molecule has 0 bridgehead atoms. The van der Waals surface area contributed by atoms with Crippen molar-refractivity contribution in [1.29, 1.82) is 0 Å². The van der Waals surface area contributed by atoms with Crippen LogP contribution in [0.2, 0.25) is 0 Å². The van der Waals surface area contributed by atoms with Crippen molar-refractivity contribution in [2.24, 2.45) is 0 Å². The molecule has 0 aromatic heterocycles. The van der Waals surface area contributed by atoms with E-state index < -0.39 is 0 Å². The lowest BCUT2D eigenvalue weighted by molar-refractivity contribution is 2.29. The lowest BCUT2D eigenvalue weighted by atomic mass is 11.0. The zero-order valence-electron chi connectivity index (χ0n) is 1.99. The fraction of sp³-hybridized carbons (Fsp3) is 0.500. The number of thiocarbonyl (C=S) groups is 1. The second kappa shape index (κ2) is 3.82. The molecule has 0 spiro atoms. The van der Waals surface area contributed by atoms with Crippen molar-refractivity contribution < 1.29 is 0 Å². The summed E-state index contributed by atoms with van der Waals surface area (Å²) in [6.45, 7) is 0. The van der Waals surface area contributed by atoms with Crippen molar-refractivity contribution in [1.82, 2.24) is 0 Å². The Bertz CT molecular complexity index is 20.0. The molecule has 1 radical (unpaired) electrons. The summed E-state index contributed by atoms with van der Waals surface area (Å²) in [5.41, 5.74) is 0. The van der Waals surface area contributed by atoms with Crippen LogP contribution >= 0.6 is 34.8 Å². The predicted molar refractivity (Wildman–Crippen MR) is 31.5 cm³/mol. The fourth-order valence-corrected chi connectivity index (χ4v) is 0. The molecule has 2 heteroatoms. The molecule has 0 unspecified atom stereocenters. The molecule has 0 heterocycles. The summed E-state index contributed by atoms with van der Waals surface area (Å²) in [4.78, 5) is 0. The lowest BCUT2D eigenvalue weighted by Crippen LogP contribution is -1.56. The van der Waals surface area contributed by atoms with E-state index in [0.717, 1.165) is 4.43 Å². The second-order valence-corrected chi connectivity index (χ2v) is 1.33. The van der Waals surface area contributed by atoms with Gasteiger partial charge in [0.2, 0.25) is 0 Å². The van der Waals surface area contributed by atoms with Gasteiger partial charge < -0.3 is 0 Å². The van der Waals surface area contributed by atoms with Crippen molar-refractivity contribution in [2.75, 3.05) is 4.43 Å². The van der Waals surface area contributed by atoms with Crippen molar-refractivity contribution in [3.05, 3.63) is 0 Å². The minimum Gasteiger partial charge on any atom is -0.0828 e. The molecular weight excluding hydrogens is 183 g/mol. The number of alkyl halides is 1. The maximum Gasteiger partial charge on any atom is 0.0396 e. The molecule has 4 heavy (non-hydrogen) atoms. The molecule has 0 fully saturated rings. The van der Waals surface area contributed by atoms with Crippen molar-refractivity contribution in [2.45, 2.75) is 0 Å². The quantitative estimate of drug-likeness (QED) is 0.337. The monoisotopic (exact) mass is 185 g/mol. The molecule has 0 aromatic rings. The second-order valence-electron chi connectivity index (χ2n) is 0.278. The summed E-state index contributed by atoms with van der Waals surface area (Å²) in [5.74, 6) is 0. The SMILES string of the molecule is S=[C]CI. The third-order valence-electron chi connectivity index (χ3n) is 0.0546. The van der Waals surface area contributed by atoms with Crippen molar-refractivity contribution in [3.63, 3.8) is 0 Å². The minimum atomic E-state index is 0.854. The molecular formula is C2H2IS. The highest BCUT2D eigenvalue weighted by molar-refractivity contribution is 14.1. The number of rotatable bonds is 1. The first-order valence-electron chi connectivity index (χ1n) is 0.825. The molecule has 0 saturated heterocycles. The standard InChI is InChI=1S/C2H2IS/c3-1-2-4/h1H2. The largest absolute Gasteiger partial charge is 0.0828 e. The van der Waals surface area contributed by atoms with E-state index in [1.54, 1.807) is 0 Å². The van der Waals surface area contributed by atoms with Gasteiger partial charge in [-0.2, -0.15) is 0 Å². The van der Waals surface area contributed by atoms with Crippen LogP contribution in [0.15, 0.2) is 0 Å². The van der Waals surface area contributed by atoms with Gasteiger partial charge in [-0.15, -0.1) is 0 Å². The van der Waals surface area contributed by atoms with Crippen molar-refractivity contribution in [3.8, 4) is 0 Å². The summed E-state index contributed by atoms with van der Waals surface area (Å²) in [5, 5.41) is 2.50. The Morgan fingerprint density at radius 3 is 2.25 bits per heavy atom. The van der Waals surface area contributed by atoms with Crippen LogP contribution in [0.4, 0.5) is 0 Å². The van der Waals surface area contributed by atoms with Gasteiger partial charge in [-0.05, 0) is 0 Å². The first kappa shape index (κ1) is 4.82. The van der Waals surface area contributed by atoms with Crippen molar-refractivity contribution >= 4 is 40.2 Å². The van der Waals surface area contributed by atoms with Gasteiger partial charge in [0.15, 0.2) is 0 Å². The minimum absolute atomic E-state index is 0.854. The zero-order chi connectivity index (χ0) is 3.41. The Morgan fingerprint density at radius 2 is 2.25 bits per heavy atom. The highest BCUT2D eigenvalue weighted by Crippen LogP contribution is 1.70. The Balaban J connectivity index is 2.30. The Kier molecular flexibility index (Phi) is 4.60. The average molecular weight is 185 g/mol.